The zero-order valence-corrected chi connectivity index (χ0v) is 12.7. The summed E-state index contributed by atoms with van der Waals surface area (Å²) in [5, 5.41) is 18.1. The van der Waals surface area contributed by atoms with Crippen LogP contribution in [0, 0.1) is 12.8 Å². The van der Waals surface area contributed by atoms with Crippen LogP contribution in [-0.4, -0.2) is 40.9 Å². The maximum Gasteiger partial charge on any atom is 0.242 e. The van der Waals surface area contributed by atoms with E-state index in [2.05, 4.69) is 44.8 Å². The summed E-state index contributed by atoms with van der Waals surface area (Å²) in [7, 11) is 1.81. The molecule has 1 amide bonds. The minimum atomic E-state index is -0.179. The van der Waals surface area contributed by atoms with E-state index in [1.54, 1.807) is 11.6 Å². The highest BCUT2D eigenvalue weighted by Crippen LogP contribution is 2.18. The summed E-state index contributed by atoms with van der Waals surface area (Å²) in [6.45, 7) is 6.04. The Hall–Kier alpha value is -2.32. The Labute approximate surface area is 122 Å². The molecule has 0 saturated heterocycles. The normalized spacial score (nSPS) is 12.6. The number of tetrazole rings is 1. The van der Waals surface area contributed by atoms with Crippen LogP contribution in [-0.2, 0) is 18.4 Å². The predicted octanol–water partition coefficient (Wildman–Crippen LogP) is 0.0136. The molecule has 0 bridgehead atoms. The van der Waals surface area contributed by atoms with Gasteiger partial charge in [-0.25, -0.2) is 9.67 Å². The molecule has 9 heteroatoms. The van der Waals surface area contributed by atoms with Crippen LogP contribution in [0.3, 0.4) is 0 Å². The molecule has 0 fully saturated rings. The SMILES string of the molecule is Cc1nnnn1CC(=O)N[C@H](CC(C)C)c1ncnn1C. The Bertz CT molecular complexity index is 602. The maximum atomic E-state index is 12.2. The number of nitrogens with one attached hydrogen (secondary N) is 1. The van der Waals surface area contributed by atoms with Crippen molar-refractivity contribution < 1.29 is 4.79 Å². The minimum absolute atomic E-state index is 0.0886. The van der Waals surface area contributed by atoms with Crippen molar-refractivity contribution in [2.24, 2.45) is 13.0 Å². The van der Waals surface area contributed by atoms with E-state index < -0.39 is 0 Å². The summed E-state index contributed by atoms with van der Waals surface area (Å²) in [5.41, 5.74) is 0. The number of hydrogen-bond donors (Lipinski definition) is 1. The van der Waals surface area contributed by atoms with E-state index in [1.165, 1.54) is 11.0 Å². The van der Waals surface area contributed by atoms with Gasteiger partial charge in [0.25, 0.3) is 0 Å². The number of hydrogen-bond acceptors (Lipinski definition) is 6. The van der Waals surface area contributed by atoms with Crippen LogP contribution in [0.4, 0.5) is 0 Å². The molecule has 0 aliphatic carbocycles. The second kappa shape index (κ2) is 6.42. The number of nitrogens with zero attached hydrogens (tertiary/aromatic N) is 7. The standard InChI is InChI=1S/C12H20N8O/c1-8(2)5-10(12-13-7-14-19(12)4)15-11(21)6-20-9(3)16-17-18-20/h7-8,10H,5-6H2,1-4H3,(H,15,21)/t10-/m1/s1. The van der Waals surface area contributed by atoms with Crippen molar-refractivity contribution in [2.45, 2.75) is 39.8 Å². The molecule has 0 aromatic carbocycles. The van der Waals surface area contributed by atoms with Gasteiger partial charge in [-0.3, -0.25) is 9.48 Å². The molecule has 0 aliphatic heterocycles. The smallest absolute Gasteiger partial charge is 0.242 e. The zero-order chi connectivity index (χ0) is 15.4. The van der Waals surface area contributed by atoms with E-state index in [0.717, 1.165) is 12.2 Å². The highest BCUT2D eigenvalue weighted by Gasteiger charge is 2.21. The van der Waals surface area contributed by atoms with Crippen LogP contribution in [0.1, 0.15) is 38.0 Å². The van der Waals surface area contributed by atoms with Gasteiger partial charge in [0, 0.05) is 7.05 Å². The molecule has 1 N–H and O–H groups in total. The van der Waals surface area contributed by atoms with Crippen LogP contribution in [0.2, 0.25) is 0 Å². The first-order valence-electron chi connectivity index (χ1n) is 6.83. The van der Waals surface area contributed by atoms with E-state index in [1.807, 2.05) is 7.05 Å². The monoisotopic (exact) mass is 292 g/mol. The van der Waals surface area contributed by atoms with E-state index >= 15 is 0 Å². The van der Waals surface area contributed by atoms with Crippen molar-refractivity contribution in [3.05, 3.63) is 18.0 Å². The fraction of sp³-hybridized carbons (Fsp3) is 0.667. The number of aromatic nitrogens is 7. The average molecular weight is 292 g/mol. The molecule has 21 heavy (non-hydrogen) atoms. The summed E-state index contributed by atoms with van der Waals surface area (Å²) in [6.07, 6.45) is 2.27. The Morgan fingerprint density at radius 3 is 2.71 bits per heavy atom. The lowest BCUT2D eigenvalue weighted by molar-refractivity contribution is -0.122. The van der Waals surface area contributed by atoms with Gasteiger partial charge >= 0.3 is 0 Å². The van der Waals surface area contributed by atoms with Gasteiger partial charge in [0.05, 0.1) is 6.04 Å². The third kappa shape index (κ3) is 3.83. The second-order valence-corrected chi connectivity index (χ2v) is 5.38. The number of aryl methyl sites for hydroxylation is 2. The average Bonchev–Trinajstić information content (AvgIpc) is 2.98. The van der Waals surface area contributed by atoms with E-state index in [9.17, 15) is 4.79 Å². The summed E-state index contributed by atoms with van der Waals surface area (Å²) < 4.78 is 3.13. The number of rotatable bonds is 6. The first kappa shape index (κ1) is 15.1. The Kier molecular flexibility index (Phi) is 4.61. The Morgan fingerprint density at radius 1 is 1.43 bits per heavy atom. The van der Waals surface area contributed by atoms with Gasteiger partial charge in [-0.2, -0.15) is 5.10 Å². The molecule has 114 valence electrons. The quantitative estimate of drug-likeness (QED) is 0.804. The lowest BCUT2D eigenvalue weighted by atomic mass is 10.0. The van der Waals surface area contributed by atoms with Gasteiger partial charge in [-0.05, 0) is 29.7 Å². The topological polar surface area (TPSA) is 103 Å². The molecule has 0 spiro atoms. The lowest BCUT2D eigenvalue weighted by Crippen LogP contribution is -2.34. The molecule has 2 aromatic rings. The van der Waals surface area contributed by atoms with E-state index in [-0.39, 0.29) is 18.5 Å². The minimum Gasteiger partial charge on any atom is -0.344 e. The van der Waals surface area contributed by atoms with Gasteiger partial charge < -0.3 is 5.32 Å². The molecule has 2 rings (SSSR count). The molecular weight excluding hydrogens is 272 g/mol. The Balaban J connectivity index is 2.06. The van der Waals surface area contributed by atoms with E-state index in [0.29, 0.717) is 11.7 Å². The van der Waals surface area contributed by atoms with Crippen LogP contribution < -0.4 is 5.32 Å². The molecule has 9 nitrogen and oxygen atoms in total. The molecule has 0 radical (unpaired) electrons. The van der Waals surface area contributed by atoms with Crippen molar-refractivity contribution >= 4 is 5.91 Å². The molecular formula is C12H20N8O. The van der Waals surface area contributed by atoms with Crippen LogP contribution in [0.5, 0.6) is 0 Å². The first-order chi connectivity index (χ1) is 9.97. The number of amides is 1. The third-order valence-electron chi connectivity index (χ3n) is 3.10. The summed E-state index contributed by atoms with van der Waals surface area (Å²) in [5.74, 6) is 1.61. The first-order valence-corrected chi connectivity index (χ1v) is 6.83. The van der Waals surface area contributed by atoms with Crippen molar-refractivity contribution in [1.82, 2.24) is 40.3 Å². The summed E-state index contributed by atoms with van der Waals surface area (Å²) in [4.78, 5) is 16.4. The van der Waals surface area contributed by atoms with Crippen molar-refractivity contribution in [1.29, 1.82) is 0 Å². The maximum absolute atomic E-state index is 12.2. The molecule has 2 aromatic heterocycles. The molecule has 0 unspecified atom stereocenters. The lowest BCUT2D eigenvalue weighted by Gasteiger charge is -2.19. The molecule has 0 saturated carbocycles. The van der Waals surface area contributed by atoms with Gasteiger partial charge in [-0.15, -0.1) is 5.10 Å². The van der Waals surface area contributed by atoms with Gasteiger partial charge in [0.1, 0.15) is 24.5 Å². The van der Waals surface area contributed by atoms with Gasteiger partial charge in [-0.1, -0.05) is 13.8 Å². The highest BCUT2D eigenvalue weighted by molar-refractivity contribution is 5.76. The summed E-state index contributed by atoms with van der Waals surface area (Å²) in [6, 6.07) is -0.179. The van der Waals surface area contributed by atoms with Gasteiger partial charge in [0.15, 0.2) is 0 Å². The molecule has 2 heterocycles. The van der Waals surface area contributed by atoms with Crippen LogP contribution in [0.15, 0.2) is 6.33 Å². The van der Waals surface area contributed by atoms with Gasteiger partial charge in [0.2, 0.25) is 5.91 Å². The zero-order valence-electron chi connectivity index (χ0n) is 12.7. The summed E-state index contributed by atoms with van der Waals surface area (Å²) >= 11 is 0. The van der Waals surface area contributed by atoms with Crippen molar-refractivity contribution in [3.63, 3.8) is 0 Å². The largest absolute Gasteiger partial charge is 0.344 e. The predicted molar refractivity (Wildman–Crippen MR) is 73.9 cm³/mol. The van der Waals surface area contributed by atoms with Crippen LogP contribution in [0.25, 0.3) is 0 Å². The fourth-order valence-electron chi connectivity index (χ4n) is 2.09. The number of carbonyl (C=O) groups is 1. The fourth-order valence-corrected chi connectivity index (χ4v) is 2.09. The molecule has 0 aliphatic rings. The van der Waals surface area contributed by atoms with E-state index in [4.69, 9.17) is 0 Å². The van der Waals surface area contributed by atoms with Crippen molar-refractivity contribution in [3.8, 4) is 0 Å². The van der Waals surface area contributed by atoms with Crippen LogP contribution >= 0.6 is 0 Å². The number of carbonyl (C=O) groups excluding carboxylic acids is 1. The molecule has 1 atom stereocenters. The third-order valence-corrected chi connectivity index (χ3v) is 3.10. The highest BCUT2D eigenvalue weighted by atomic mass is 16.2. The Morgan fingerprint density at radius 2 is 2.19 bits per heavy atom. The van der Waals surface area contributed by atoms with Crippen molar-refractivity contribution in [2.75, 3.05) is 0 Å². The second-order valence-electron chi connectivity index (χ2n) is 5.38.